The summed E-state index contributed by atoms with van der Waals surface area (Å²) in [7, 11) is 0. The fourth-order valence-electron chi connectivity index (χ4n) is 1.50. The monoisotopic (exact) mass is 285 g/mol. The normalized spacial score (nSPS) is 10.3. The molecule has 1 heterocycles. The van der Waals surface area contributed by atoms with Gasteiger partial charge in [-0.3, -0.25) is 10.1 Å². The van der Waals surface area contributed by atoms with Crippen molar-refractivity contribution in [3.63, 3.8) is 0 Å². The number of aryl methyl sites for hydroxylation is 1. The van der Waals surface area contributed by atoms with Gasteiger partial charge in [-0.2, -0.15) is 16.7 Å². The maximum absolute atomic E-state index is 11.1. The number of anilines is 2. The number of nitrogens with one attached hydrogen (secondary N) is 2. The Morgan fingerprint density at radius 1 is 1.32 bits per heavy atom. The molecule has 0 spiro atoms. The topological polar surface area (TPSA) is 93.0 Å². The highest BCUT2D eigenvalue weighted by Gasteiger charge is 2.21. The standard InChI is InChI=1S/C11H19N5O2S/c1-4-5-13-11-14-8(2)9(16(17)18)10(15-11)12-6-7-19-3/h4-7H2,1-3H3,(H2,12,13,14,15). The van der Waals surface area contributed by atoms with Gasteiger partial charge in [-0.05, 0) is 19.6 Å². The van der Waals surface area contributed by atoms with Crippen LogP contribution in [0.1, 0.15) is 19.0 Å². The van der Waals surface area contributed by atoms with Crippen molar-refractivity contribution in [3.05, 3.63) is 15.8 Å². The Morgan fingerprint density at radius 3 is 2.63 bits per heavy atom. The molecule has 0 unspecified atom stereocenters. The lowest BCUT2D eigenvalue weighted by Gasteiger charge is -2.10. The van der Waals surface area contributed by atoms with Crippen LogP contribution in [-0.4, -0.2) is 40.0 Å². The van der Waals surface area contributed by atoms with Crippen LogP contribution in [0.5, 0.6) is 0 Å². The average molecular weight is 285 g/mol. The second-order valence-corrected chi connectivity index (χ2v) is 4.92. The molecule has 0 saturated heterocycles. The van der Waals surface area contributed by atoms with Crippen molar-refractivity contribution in [2.75, 3.05) is 35.7 Å². The number of hydrogen-bond donors (Lipinski definition) is 2. The lowest BCUT2D eigenvalue weighted by Crippen LogP contribution is -2.13. The van der Waals surface area contributed by atoms with Crippen molar-refractivity contribution >= 4 is 29.2 Å². The quantitative estimate of drug-likeness (QED) is 0.430. The van der Waals surface area contributed by atoms with Crippen LogP contribution in [0.2, 0.25) is 0 Å². The van der Waals surface area contributed by atoms with Gasteiger partial charge in [0.15, 0.2) is 0 Å². The molecule has 7 nitrogen and oxygen atoms in total. The van der Waals surface area contributed by atoms with Gasteiger partial charge < -0.3 is 10.6 Å². The zero-order valence-corrected chi connectivity index (χ0v) is 12.2. The number of nitro groups is 1. The summed E-state index contributed by atoms with van der Waals surface area (Å²) in [5.74, 6) is 1.57. The van der Waals surface area contributed by atoms with Crippen molar-refractivity contribution in [2.45, 2.75) is 20.3 Å². The van der Waals surface area contributed by atoms with Crippen molar-refractivity contribution in [1.29, 1.82) is 0 Å². The molecule has 1 aromatic rings. The van der Waals surface area contributed by atoms with Crippen molar-refractivity contribution in [2.24, 2.45) is 0 Å². The molecule has 0 aliphatic carbocycles. The third-order valence-electron chi connectivity index (χ3n) is 2.37. The van der Waals surface area contributed by atoms with Crippen LogP contribution < -0.4 is 10.6 Å². The molecular formula is C11H19N5O2S. The lowest BCUT2D eigenvalue weighted by molar-refractivity contribution is -0.385. The predicted molar refractivity (Wildman–Crippen MR) is 79.1 cm³/mol. The molecular weight excluding hydrogens is 266 g/mol. The SMILES string of the molecule is CCCNc1nc(C)c([N+](=O)[O-])c(NCCSC)n1. The van der Waals surface area contributed by atoms with E-state index in [1.807, 2.05) is 13.2 Å². The van der Waals surface area contributed by atoms with Crippen molar-refractivity contribution in [3.8, 4) is 0 Å². The molecule has 0 saturated carbocycles. The Bertz CT molecular complexity index is 441. The maximum Gasteiger partial charge on any atom is 0.332 e. The van der Waals surface area contributed by atoms with Crippen LogP contribution in [0.25, 0.3) is 0 Å². The van der Waals surface area contributed by atoms with E-state index < -0.39 is 4.92 Å². The minimum absolute atomic E-state index is 0.0526. The van der Waals surface area contributed by atoms with E-state index in [9.17, 15) is 10.1 Å². The summed E-state index contributed by atoms with van der Waals surface area (Å²) >= 11 is 1.67. The first kappa shape index (κ1) is 15.5. The summed E-state index contributed by atoms with van der Waals surface area (Å²) in [6.07, 6.45) is 2.92. The zero-order chi connectivity index (χ0) is 14.3. The van der Waals surface area contributed by atoms with Crippen molar-refractivity contribution in [1.82, 2.24) is 9.97 Å². The summed E-state index contributed by atoms with van der Waals surface area (Å²) in [5.41, 5.74) is 0.313. The second kappa shape index (κ2) is 7.78. The van der Waals surface area contributed by atoms with Gasteiger partial charge in [0.2, 0.25) is 11.8 Å². The van der Waals surface area contributed by atoms with Crippen LogP contribution in [0.15, 0.2) is 0 Å². The van der Waals surface area contributed by atoms with E-state index in [0.29, 0.717) is 18.2 Å². The van der Waals surface area contributed by atoms with E-state index >= 15 is 0 Å². The van der Waals surface area contributed by atoms with Crippen LogP contribution >= 0.6 is 11.8 Å². The van der Waals surface area contributed by atoms with E-state index in [1.165, 1.54) is 0 Å². The van der Waals surface area contributed by atoms with E-state index in [2.05, 4.69) is 20.6 Å². The van der Waals surface area contributed by atoms with Crippen molar-refractivity contribution < 1.29 is 4.92 Å². The lowest BCUT2D eigenvalue weighted by atomic mass is 10.3. The maximum atomic E-state index is 11.1. The summed E-state index contributed by atoms with van der Waals surface area (Å²) in [6.45, 7) is 5.02. The first-order valence-corrected chi connectivity index (χ1v) is 7.49. The Balaban J connectivity index is 2.99. The summed E-state index contributed by atoms with van der Waals surface area (Å²) in [6, 6.07) is 0. The summed E-state index contributed by atoms with van der Waals surface area (Å²) in [5, 5.41) is 17.1. The molecule has 0 amide bonds. The van der Waals surface area contributed by atoms with Gasteiger partial charge in [0.25, 0.3) is 0 Å². The second-order valence-electron chi connectivity index (χ2n) is 3.93. The van der Waals surface area contributed by atoms with Gasteiger partial charge in [0.1, 0.15) is 5.69 Å². The Hall–Kier alpha value is -1.57. The van der Waals surface area contributed by atoms with Crippen LogP contribution in [0.4, 0.5) is 17.5 Å². The van der Waals surface area contributed by atoms with Gasteiger partial charge in [0, 0.05) is 18.8 Å². The molecule has 2 N–H and O–H groups in total. The molecule has 19 heavy (non-hydrogen) atoms. The molecule has 1 rings (SSSR count). The number of rotatable bonds is 8. The molecule has 8 heteroatoms. The third kappa shape index (κ3) is 4.55. The molecule has 106 valence electrons. The minimum atomic E-state index is -0.444. The average Bonchev–Trinajstić information content (AvgIpc) is 2.35. The predicted octanol–water partition coefficient (Wildman–Crippen LogP) is 2.29. The van der Waals surface area contributed by atoms with E-state index in [-0.39, 0.29) is 11.5 Å². The number of thioether (sulfide) groups is 1. The first-order valence-electron chi connectivity index (χ1n) is 6.09. The molecule has 0 radical (unpaired) electrons. The first-order chi connectivity index (χ1) is 9.10. The number of aromatic nitrogens is 2. The Kier molecular flexibility index (Phi) is 6.34. The summed E-state index contributed by atoms with van der Waals surface area (Å²) < 4.78 is 0. The minimum Gasteiger partial charge on any atom is -0.363 e. The fourth-order valence-corrected chi connectivity index (χ4v) is 1.80. The summed E-state index contributed by atoms with van der Waals surface area (Å²) in [4.78, 5) is 18.9. The smallest absolute Gasteiger partial charge is 0.332 e. The van der Waals surface area contributed by atoms with Gasteiger partial charge >= 0.3 is 5.69 Å². The molecule has 0 fully saturated rings. The molecule has 0 atom stereocenters. The highest BCUT2D eigenvalue weighted by molar-refractivity contribution is 7.98. The van der Waals surface area contributed by atoms with Crippen LogP contribution in [0, 0.1) is 17.0 Å². The Labute approximate surface area is 116 Å². The van der Waals surface area contributed by atoms with Gasteiger partial charge in [0.05, 0.1) is 4.92 Å². The van der Waals surface area contributed by atoms with Gasteiger partial charge in [-0.1, -0.05) is 6.92 Å². The van der Waals surface area contributed by atoms with Crippen LogP contribution in [-0.2, 0) is 0 Å². The zero-order valence-electron chi connectivity index (χ0n) is 11.4. The molecule has 0 aliphatic rings. The van der Waals surface area contributed by atoms with E-state index in [4.69, 9.17) is 0 Å². The molecule has 0 bridgehead atoms. The van der Waals surface area contributed by atoms with E-state index in [1.54, 1.807) is 18.7 Å². The molecule has 1 aromatic heterocycles. The molecule has 0 aromatic carbocycles. The van der Waals surface area contributed by atoms with E-state index in [0.717, 1.165) is 18.7 Å². The molecule has 0 aliphatic heterocycles. The highest BCUT2D eigenvalue weighted by atomic mass is 32.2. The number of nitrogens with zero attached hydrogens (tertiary/aromatic N) is 3. The van der Waals surface area contributed by atoms with Crippen LogP contribution in [0.3, 0.4) is 0 Å². The Morgan fingerprint density at radius 2 is 2.05 bits per heavy atom. The third-order valence-corrected chi connectivity index (χ3v) is 2.99. The fraction of sp³-hybridized carbons (Fsp3) is 0.636. The van der Waals surface area contributed by atoms with Gasteiger partial charge in [-0.15, -0.1) is 0 Å². The van der Waals surface area contributed by atoms with Gasteiger partial charge in [-0.25, -0.2) is 4.98 Å². The highest BCUT2D eigenvalue weighted by Crippen LogP contribution is 2.26. The largest absolute Gasteiger partial charge is 0.363 e. The number of hydrogen-bond acceptors (Lipinski definition) is 7.